The summed E-state index contributed by atoms with van der Waals surface area (Å²) in [5.74, 6) is 0.637. The lowest BCUT2D eigenvalue weighted by Gasteiger charge is -2.20. The summed E-state index contributed by atoms with van der Waals surface area (Å²) in [6.07, 6.45) is 2.96. The number of hydrogen-bond acceptors (Lipinski definition) is 2. The SMILES string of the molecule is CCC(NCCn1ccccc1=O)C(C)C. The maximum Gasteiger partial charge on any atom is 0.250 e. The fourth-order valence-corrected chi connectivity index (χ4v) is 1.87. The molecule has 1 aromatic rings. The van der Waals surface area contributed by atoms with Gasteiger partial charge in [-0.25, -0.2) is 0 Å². The molecule has 3 heteroatoms. The van der Waals surface area contributed by atoms with Crippen LogP contribution in [-0.2, 0) is 6.54 Å². The number of nitrogens with one attached hydrogen (secondary N) is 1. The highest BCUT2D eigenvalue weighted by Gasteiger charge is 2.09. The zero-order valence-electron chi connectivity index (χ0n) is 10.4. The molecule has 0 spiro atoms. The average molecular weight is 222 g/mol. The van der Waals surface area contributed by atoms with E-state index >= 15 is 0 Å². The van der Waals surface area contributed by atoms with E-state index in [0.717, 1.165) is 19.5 Å². The van der Waals surface area contributed by atoms with Crippen LogP contribution in [-0.4, -0.2) is 17.2 Å². The maximum atomic E-state index is 11.4. The molecule has 0 aromatic carbocycles. The third-order valence-corrected chi connectivity index (χ3v) is 2.90. The summed E-state index contributed by atoms with van der Waals surface area (Å²) in [4.78, 5) is 11.4. The van der Waals surface area contributed by atoms with Crippen molar-refractivity contribution in [2.75, 3.05) is 6.54 Å². The van der Waals surface area contributed by atoms with Gasteiger partial charge in [0.15, 0.2) is 0 Å². The van der Waals surface area contributed by atoms with Gasteiger partial charge in [0.2, 0.25) is 0 Å². The molecular weight excluding hydrogens is 200 g/mol. The number of nitrogens with zero attached hydrogens (tertiary/aromatic N) is 1. The summed E-state index contributed by atoms with van der Waals surface area (Å²) in [5.41, 5.74) is 0.0712. The fraction of sp³-hybridized carbons (Fsp3) is 0.615. The first kappa shape index (κ1) is 13.0. The number of rotatable bonds is 6. The van der Waals surface area contributed by atoms with Gasteiger partial charge in [0.1, 0.15) is 0 Å². The normalized spacial score (nSPS) is 13.0. The van der Waals surface area contributed by atoms with Gasteiger partial charge in [-0.15, -0.1) is 0 Å². The van der Waals surface area contributed by atoms with Crippen LogP contribution in [0.2, 0.25) is 0 Å². The first-order valence-corrected chi connectivity index (χ1v) is 6.04. The van der Waals surface area contributed by atoms with E-state index < -0.39 is 0 Å². The van der Waals surface area contributed by atoms with Crippen LogP contribution in [0.3, 0.4) is 0 Å². The average Bonchev–Trinajstić information content (AvgIpc) is 2.26. The van der Waals surface area contributed by atoms with E-state index in [1.54, 1.807) is 16.7 Å². The van der Waals surface area contributed by atoms with Gasteiger partial charge >= 0.3 is 0 Å². The van der Waals surface area contributed by atoms with E-state index in [4.69, 9.17) is 0 Å². The van der Waals surface area contributed by atoms with Crippen molar-refractivity contribution < 1.29 is 0 Å². The molecule has 0 bridgehead atoms. The molecule has 90 valence electrons. The van der Waals surface area contributed by atoms with Crippen LogP contribution in [0.25, 0.3) is 0 Å². The topological polar surface area (TPSA) is 34.0 Å². The molecule has 0 saturated heterocycles. The Labute approximate surface area is 97.5 Å². The van der Waals surface area contributed by atoms with Crippen molar-refractivity contribution in [3.63, 3.8) is 0 Å². The van der Waals surface area contributed by atoms with Gasteiger partial charge in [0, 0.05) is 31.4 Å². The van der Waals surface area contributed by atoms with Crippen molar-refractivity contribution >= 4 is 0 Å². The lowest BCUT2D eigenvalue weighted by atomic mass is 10.0. The van der Waals surface area contributed by atoms with Crippen molar-refractivity contribution in [1.82, 2.24) is 9.88 Å². The molecule has 0 fully saturated rings. The Morgan fingerprint density at radius 3 is 2.69 bits per heavy atom. The Morgan fingerprint density at radius 1 is 1.38 bits per heavy atom. The van der Waals surface area contributed by atoms with Crippen LogP contribution in [0, 0.1) is 5.92 Å². The maximum absolute atomic E-state index is 11.4. The molecule has 0 aliphatic rings. The first-order valence-electron chi connectivity index (χ1n) is 6.04. The van der Waals surface area contributed by atoms with Crippen LogP contribution < -0.4 is 10.9 Å². The molecule has 1 unspecified atom stereocenters. The van der Waals surface area contributed by atoms with Gasteiger partial charge in [-0.05, 0) is 18.4 Å². The van der Waals surface area contributed by atoms with E-state index in [1.807, 2.05) is 12.3 Å². The van der Waals surface area contributed by atoms with E-state index in [-0.39, 0.29) is 5.56 Å². The minimum Gasteiger partial charge on any atom is -0.314 e. The quantitative estimate of drug-likeness (QED) is 0.797. The fourth-order valence-electron chi connectivity index (χ4n) is 1.87. The van der Waals surface area contributed by atoms with Crippen LogP contribution in [0.5, 0.6) is 0 Å². The number of aromatic nitrogens is 1. The van der Waals surface area contributed by atoms with Gasteiger partial charge in [-0.3, -0.25) is 4.79 Å². The first-order chi connectivity index (χ1) is 7.65. The Bertz CT molecular complexity index is 357. The summed E-state index contributed by atoms with van der Waals surface area (Å²) in [7, 11) is 0. The van der Waals surface area contributed by atoms with Gasteiger partial charge < -0.3 is 9.88 Å². The monoisotopic (exact) mass is 222 g/mol. The standard InChI is InChI=1S/C13H22N2O/c1-4-12(11(2)3)14-8-10-15-9-6-5-7-13(15)16/h5-7,9,11-12,14H,4,8,10H2,1-3H3. The Hall–Kier alpha value is -1.09. The van der Waals surface area contributed by atoms with Crippen molar-refractivity contribution in [2.24, 2.45) is 5.92 Å². The Morgan fingerprint density at radius 2 is 2.12 bits per heavy atom. The molecule has 0 amide bonds. The highest BCUT2D eigenvalue weighted by atomic mass is 16.1. The highest BCUT2D eigenvalue weighted by molar-refractivity contribution is 4.93. The summed E-state index contributed by atoms with van der Waals surface area (Å²) in [6.45, 7) is 8.21. The molecule has 1 heterocycles. The molecule has 1 atom stereocenters. The zero-order chi connectivity index (χ0) is 12.0. The summed E-state index contributed by atoms with van der Waals surface area (Å²) >= 11 is 0. The van der Waals surface area contributed by atoms with Gasteiger partial charge in [-0.1, -0.05) is 26.8 Å². The molecule has 0 aliphatic carbocycles. The molecule has 1 aromatic heterocycles. The van der Waals surface area contributed by atoms with Crippen LogP contribution >= 0.6 is 0 Å². The second kappa shape index (κ2) is 6.48. The Kier molecular flexibility index (Phi) is 5.26. The second-order valence-corrected chi connectivity index (χ2v) is 4.45. The number of pyridine rings is 1. The minimum absolute atomic E-state index is 0.0712. The molecule has 3 nitrogen and oxygen atoms in total. The van der Waals surface area contributed by atoms with Gasteiger partial charge in [0.25, 0.3) is 5.56 Å². The van der Waals surface area contributed by atoms with Crippen molar-refractivity contribution in [3.05, 3.63) is 34.7 Å². The van der Waals surface area contributed by atoms with Crippen molar-refractivity contribution in [1.29, 1.82) is 0 Å². The van der Waals surface area contributed by atoms with Crippen LogP contribution in [0.1, 0.15) is 27.2 Å². The third-order valence-electron chi connectivity index (χ3n) is 2.90. The molecular formula is C13H22N2O. The lowest BCUT2D eigenvalue weighted by molar-refractivity contribution is 0.380. The molecule has 0 aliphatic heterocycles. The predicted molar refractivity (Wildman–Crippen MR) is 67.6 cm³/mol. The van der Waals surface area contributed by atoms with Gasteiger partial charge in [-0.2, -0.15) is 0 Å². The van der Waals surface area contributed by atoms with Crippen LogP contribution in [0.15, 0.2) is 29.2 Å². The largest absolute Gasteiger partial charge is 0.314 e. The third kappa shape index (κ3) is 3.81. The second-order valence-electron chi connectivity index (χ2n) is 4.45. The zero-order valence-corrected chi connectivity index (χ0v) is 10.4. The van der Waals surface area contributed by atoms with Crippen LogP contribution in [0.4, 0.5) is 0 Å². The summed E-state index contributed by atoms with van der Waals surface area (Å²) in [5, 5.41) is 3.48. The van der Waals surface area contributed by atoms with E-state index in [9.17, 15) is 4.79 Å². The molecule has 1 rings (SSSR count). The predicted octanol–water partition coefficient (Wildman–Crippen LogP) is 1.87. The van der Waals surface area contributed by atoms with E-state index in [1.165, 1.54) is 0 Å². The molecule has 16 heavy (non-hydrogen) atoms. The van der Waals surface area contributed by atoms with Gasteiger partial charge in [0.05, 0.1) is 0 Å². The van der Waals surface area contributed by atoms with Crippen molar-refractivity contribution in [3.8, 4) is 0 Å². The molecule has 0 saturated carbocycles. The smallest absolute Gasteiger partial charge is 0.250 e. The Balaban J connectivity index is 2.41. The summed E-state index contributed by atoms with van der Waals surface area (Å²) in [6, 6.07) is 5.80. The lowest BCUT2D eigenvalue weighted by Crippen LogP contribution is -2.36. The minimum atomic E-state index is 0.0712. The summed E-state index contributed by atoms with van der Waals surface area (Å²) < 4.78 is 1.74. The highest BCUT2D eigenvalue weighted by Crippen LogP contribution is 2.04. The van der Waals surface area contributed by atoms with Crippen molar-refractivity contribution in [2.45, 2.75) is 39.8 Å². The van der Waals surface area contributed by atoms with E-state index in [2.05, 4.69) is 26.1 Å². The molecule has 1 N–H and O–H groups in total. The molecule has 0 radical (unpaired) electrons. The van der Waals surface area contributed by atoms with E-state index in [0.29, 0.717) is 12.0 Å². The number of hydrogen-bond donors (Lipinski definition) is 1.